The van der Waals surface area contributed by atoms with Gasteiger partial charge in [0.1, 0.15) is 0 Å². The fourth-order valence-corrected chi connectivity index (χ4v) is 2.75. The maximum Gasteiger partial charge on any atom is 0.0658 e. The lowest BCUT2D eigenvalue weighted by Gasteiger charge is -2.43. The van der Waals surface area contributed by atoms with Crippen molar-refractivity contribution in [1.82, 2.24) is 4.90 Å². The zero-order valence-electron chi connectivity index (χ0n) is 10.5. The molecule has 1 fully saturated rings. The Labute approximate surface area is 94.0 Å². The lowest BCUT2D eigenvalue weighted by atomic mass is 9.93. The summed E-state index contributed by atoms with van der Waals surface area (Å²) in [5.74, 6) is 0. The molecule has 1 atom stereocenters. The molecule has 2 N–H and O–H groups in total. The molecule has 1 aliphatic rings. The van der Waals surface area contributed by atoms with Gasteiger partial charge >= 0.3 is 0 Å². The zero-order chi connectivity index (χ0) is 11.3. The van der Waals surface area contributed by atoms with Crippen molar-refractivity contribution in [3.05, 3.63) is 0 Å². The Morgan fingerprint density at radius 2 is 2.00 bits per heavy atom. The van der Waals surface area contributed by atoms with Gasteiger partial charge < -0.3 is 10.5 Å². The molecule has 3 heteroatoms. The predicted octanol–water partition coefficient (Wildman–Crippen LogP) is 1.61. The number of rotatable bonds is 6. The molecule has 0 amide bonds. The van der Waals surface area contributed by atoms with E-state index in [9.17, 15) is 0 Å². The van der Waals surface area contributed by atoms with E-state index in [4.69, 9.17) is 10.5 Å². The molecule has 0 heterocycles. The molecule has 0 aromatic heterocycles. The second-order valence-corrected chi connectivity index (χ2v) is 4.76. The summed E-state index contributed by atoms with van der Waals surface area (Å²) >= 11 is 0. The minimum Gasteiger partial charge on any atom is -0.383 e. The molecule has 1 unspecified atom stereocenters. The van der Waals surface area contributed by atoms with Crippen molar-refractivity contribution in [3.8, 4) is 0 Å². The van der Waals surface area contributed by atoms with Crippen LogP contribution in [0.5, 0.6) is 0 Å². The van der Waals surface area contributed by atoms with Gasteiger partial charge in [0.25, 0.3) is 0 Å². The van der Waals surface area contributed by atoms with E-state index in [1.807, 2.05) is 0 Å². The highest BCUT2D eigenvalue weighted by atomic mass is 16.5. The van der Waals surface area contributed by atoms with Crippen LogP contribution in [0.4, 0.5) is 0 Å². The van der Waals surface area contributed by atoms with E-state index in [2.05, 4.69) is 18.9 Å². The Morgan fingerprint density at radius 1 is 1.40 bits per heavy atom. The van der Waals surface area contributed by atoms with Crippen LogP contribution in [0.3, 0.4) is 0 Å². The molecule has 1 aliphatic carbocycles. The molecule has 3 nitrogen and oxygen atoms in total. The fraction of sp³-hybridized carbons (Fsp3) is 1.00. The van der Waals surface area contributed by atoms with Crippen molar-refractivity contribution < 1.29 is 4.74 Å². The minimum atomic E-state index is 0.0454. The third-order valence-corrected chi connectivity index (χ3v) is 4.07. The van der Waals surface area contributed by atoms with Crippen molar-refractivity contribution in [2.24, 2.45) is 5.73 Å². The first-order valence-electron chi connectivity index (χ1n) is 6.12. The number of ether oxygens (including phenoxy) is 1. The van der Waals surface area contributed by atoms with E-state index >= 15 is 0 Å². The summed E-state index contributed by atoms with van der Waals surface area (Å²) < 4.78 is 5.35. The van der Waals surface area contributed by atoms with Crippen molar-refractivity contribution in [2.45, 2.75) is 50.6 Å². The van der Waals surface area contributed by atoms with Crippen molar-refractivity contribution in [2.75, 3.05) is 27.3 Å². The minimum absolute atomic E-state index is 0.0454. The van der Waals surface area contributed by atoms with Gasteiger partial charge in [-0.2, -0.15) is 0 Å². The van der Waals surface area contributed by atoms with Crippen molar-refractivity contribution in [1.29, 1.82) is 0 Å². The zero-order valence-corrected chi connectivity index (χ0v) is 10.5. The van der Waals surface area contributed by atoms with E-state index in [0.717, 1.165) is 13.0 Å². The van der Waals surface area contributed by atoms with Gasteiger partial charge in [-0.05, 0) is 26.3 Å². The molecule has 0 spiro atoms. The van der Waals surface area contributed by atoms with Crippen molar-refractivity contribution in [3.63, 3.8) is 0 Å². The van der Waals surface area contributed by atoms with Gasteiger partial charge in [-0.25, -0.2) is 0 Å². The summed E-state index contributed by atoms with van der Waals surface area (Å²) in [6, 6.07) is 0.712. The Hall–Kier alpha value is -0.120. The number of hydrogen-bond acceptors (Lipinski definition) is 3. The second-order valence-electron chi connectivity index (χ2n) is 4.76. The average Bonchev–Trinajstić information content (AvgIpc) is 2.78. The van der Waals surface area contributed by atoms with Gasteiger partial charge in [0.2, 0.25) is 0 Å². The molecule has 1 rings (SSSR count). The molecule has 1 saturated carbocycles. The summed E-state index contributed by atoms with van der Waals surface area (Å²) in [6.07, 6.45) is 6.44. The monoisotopic (exact) mass is 214 g/mol. The predicted molar refractivity (Wildman–Crippen MR) is 64.0 cm³/mol. The molecule has 0 radical (unpaired) electrons. The van der Waals surface area contributed by atoms with Crippen LogP contribution in [-0.2, 0) is 4.74 Å². The van der Waals surface area contributed by atoms with Gasteiger partial charge in [0, 0.05) is 19.7 Å². The standard InChI is InChI=1S/C12H26N2O/c1-4-12(9-13,10-15-3)14(2)11-7-5-6-8-11/h11H,4-10,13H2,1-3H3. The van der Waals surface area contributed by atoms with Gasteiger partial charge in [-0.15, -0.1) is 0 Å². The van der Waals surface area contributed by atoms with Crippen LogP contribution in [0, 0.1) is 0 Å². The summed E-state index contributed by atoms with van der Waals surface area (Å²) in [5, 5.41) is 0. The number of hydrogen-bond donors (Lipinski definition) is 1. The quantitative estimate of drug-likeness (QED) is 0.730. The average molecular weight is 214 g/mol. The Morgan fingerprint density at radius 3 is 2.40 bits per heavy atom. The fourth-order valence-electron chi connectivity index (χ4n) is 2.75. The van der Waals surface area contributed by atoms with Gasteiger partial charge in [-0.3, -0.25) is 4.90 Å². The van der Waals surface area contributed by atoms with Gasteiger partial charge in [0.05, 0.1) is 12.1 Å². The second kappa shape index (κ2) is 5.83. The Balaban J connectivity index is 2.67. The first-order valence-corrected chi connectivity index (χ1v) is 6.12. The highest BCUT2D eigenvalue weighted by Crippen LogP contribution is 2.29. The van der Waals surface area contributed by atoms with E-state index in [1.165, 1.54) is 25.7 Å². The molecule has 0 saturated heterocycles. The molecule has 0 aromatic carbocycles. The maximum atomic E-state index is 5.95. The van der Waals surface area contributed by atoms with Gasteiger partial charge in [-0.1, -0.05) is 19.8 Å². The third kappa shape index (κ3) is 2.71. The van der Waals surface area contributed by atoms with E-state index in [0.29, 0.717) is 12.6 Å². The van der Waals surface area contributed by atoms with Crippen LogP contribution >= 0.6 is 0 Å². The molecular weight excluding hydrogens is 188 g/mol. The third-order valence-electron chi connectivity index (χ3n) is 4.07. The lowest BCUT2D eigenvalue weighted by molar-refractivity contribution is 0.00419. The molecule has 15 heavy (non-hydrogen) atoms. The van der Waals surface area contributed by atoms with Crippen LogP contribution < -0.4 is 5.73 Å². The van der Waals surface area contributed by atoms with Crippen LogP contribution in [0.25, 0.3) is 0 Å². The first-order chi connectivity index (χ1) is 7.20. The maximum absolute atomic E-state index is 5.95. The molecular formula is C12H26N2O. The molecule has 0 bridgehead atoms. The lowest BCUT2D eigenvalue weighted by Crippen LogP contribution is -2.57. The Bertz CT molecular complexity index is 174. The SMILES string of the molecule is CCC(CN)(COC)N(C)C1CCCC1. The number of likely N-dealkylation sites (N-methyl/N-ethyl adjacent to an activating group) is 1. The highest BCUT2D eigenvalue weighted by molar-refractivity contribution is 4.93. The topological polar surface area (TPSA) is 38.5 Å². The summed E-state index contributed by atoms with van der Waals surface area (Å²) in [6.45, 7) is 3.63. The van der Waals surface area contributed by atoms with Crippen LogP contribution in [-0.4, -0.2) is 43.8 Å². The highest BCUT2D eigenvalue weighted by Gasteiger charge is 2.36. The molecule has 0 aromatic rings. The number of nitrogens with zero attached hydrogens (tertiary/aromatic N) is 1. The smallest absolute Gasteiger partial charge is 0.0658 e. The molecule has 0 aliphatic heterocycles. The van der Waals surface area contributed by atoms with Crippen molar-refractivity contribution >= 4 is 0 Å². The van der Waals surface area contributed by atoms with Crippen LogP contribution in [0.15, 0.2) is 0 Å². The van der Waals surface area contributed by atoms with E-state index in [1.54, 1.807) is 7.11 Å². The first kappa shape index (κ1) is 12.9. The number of methoxy groups -OCH3 is 1. The van der Waals surface area contributed by atoms with Gasteiger partial charge in [0.15, 0.2) is 0 Å². The molecule has 90 valence electrons. The normalized spacial score (nSPS) is 22.2. The van der Waals surface area contributed by atoms with E-state index in [-0.39, 0.29) is 5.54 Å². The number of nitrogens with two attached hydrogens (primary N) is 1. The Kier molecular flexibility index (Phi) is 5.03. The van der Waals surface area contributed by atoms with E-state index < -0.39 is 0 Å². The summed E-state index contributed by atoms with van der Waals surface area (Å²) in [5.41, 5.74) is 6.00. The largest absolute Gasteiger partial charge is 0.383 e. The van der Waals surface area contributed by atoms with Crippen LogP contribution in [0.1, 0.15) is 39.0 Å². The van der Waals surface area contributed by atoms with Crippen LogP contribution in [0.2, 0.25) is 0 Å². The summed E-state index contributed by atoms with van der Waals surface area (Å²) in [4.78, 5) is 2.48. The summed E-state index contributed by atoms with van der Waals surface area (Å²) in [7, 11) is 3.98.